The summed E-state index contributed by atoms with van der Waals surface area (Å²) in [6.45, 7) is 8.22. The van der Waals surface area contributed by atoms with Crippen molar-refractivity contribution in [2.24, 2.45) is 0 Å². The third-order valence-electron chi connectivity index (χ3n) is 4.07. The molecule has 1 N–H and O–H groups in total. The number of aliphatic hydroxyl groups is 1. The van der Waals surface area contributed by atoms with Crippen LogP contribution >= 0.6 is 0 Å². The largest absolute Gasteiger partial charge is 0.482 e. The second-order valence-corrected chi connectivity index (χ2v) is 5.92. The summed E-state index contributed by atoms with van der Waals surface area (Å²) in [4.78, 5) is 0. The quantitative estimate of drug-likeness (QED) is 0.648. The molecule has 100 valence electrons. The van der Waals surface area contributed by atoms with Gasteiger partial charge < -0.3 is 14.3 Å². The SMILES string of the molecule is Cc1cc(C)c2c(c1C)OC(C)(C(O)O[SiH3])CC2. The van der Waals surface area contributed by atoms with Gasteiger partial charge in [0, 0.05) is 0 Å². The maximum Gasteiger partial charge on any atom is 0.184 e. The Balaban J connectivity index is 2.46. The summed E-state index contributed by atoms with van der Waals surface area (Å²) in [5.41, 5.74) is 4.33. The van der Waals surface area contributed by atoms with Gasteiger partial charge in [-0.15, -0.1) is 0 Å². The number of aliphatic hydroxyl groups excluding tert-OH is 1. The van der Waals surface area contributed by atoms with Gasteiger partial charge in [0.25, 0.3) is 0 Å². The first kappa shape index (κ1) is 13.6. The van der Waals surface area contributed by atoms with Crippen LogP contribution in [0.1, 0.15) is 35.6 Å². The first-order valence-electron chi connectivity index (χ1n) is 6.38. The van der Waals surface area contributed by atoms with Gasteiger partial charge in [-0.2, -0.15) is 0 Å². The second kappa shape index (κ2) is 4.68. The molecule has 2 rings (SSSR count). The van der Waals surface area contributed by atoms with Crippen molar-refractivity contribution >= 4 is 10.5 Å². The highest BCUT2D eigenvalue weighted by atomic mass is 28.2. The number of hydrogen-bond acceptors (Lipinski definition) is 3. The van der Waals surface area contributed by atoms with Crippen molar-refractivity contribution in [3.63, 3.8) is 0 Å². The molecule has 1 heterocycles. The van der Waals surface area contributed by atoms with E-state index in [2.05, 4.69) is 26.8 Å². The molecular formula is C14H22O3Si. The molecule has 0 spiro atoms. The van der Waals surface area contributed by atoms with E-state index in [1.807, 2.05) is 6.92 Å². The van der Waals surface area contributed by atoms with Crippen LogP contribution in [-0.4, -0.2) is 27.5 Å². The highest BCUT2D eigenvalue weighted by Gasteiger charge is 2.39. The number of rotatable bonds is 2. The summed E-state index contributed by atoms with van der Waals surface area (Å²) in [6.07, 6.45) is 0.880. The summed E-state index contributed by atoms with van der Waals surface area (Å²) in [5.74, 6) is 0.944. The lowest BCUT2D eigenvalue weighted by Gasteiger charge is -2.40. The number of fused-ring (bicyclic) bond motifs is 1. The second-order valence-electron chi connectivity index (χ2n) is 5.45. The number of hydrogen-bond donors (Lipinski definition) is 1. The molecule has 0 saturated carbocycles. The predicted molar refractivity (Wildman–Crippen MR) is 75.0 cm³/mol. The highest BCUT2D eigenvalue weighted by molar-refractivity contribution is 5.98. The van der Waals surface area contributed by atoms with Crippen molar-refractivity contribution in [1.82, 2.24) is 0 Å². The first-order valence-corrected chi connectivity index (χ1v) is 7.20. The molecule has 0 aromatic heterocycles. The summed E-state index contributed by atoms with van der Waals surface area (Å²) >= 11 is 0. The predicted octanol–water partition coefficient (Wildman–Crippen LogP) is 1.31. The molecule has 4 heteroatoms. The van der Waals surface area contributed by atoms with Crippen LogP contribution in [0.4, 0.5) is 0 Å². The average molecular weight is 266 g/mol. The van der Waals surface area contributed by atoms with Crippen LogP contribution in [0.2, 0.25) is 0 Å². The zero-order chi connectivity index (χ0) is 13.5. The molecule has 0 amide bonds. The number of aryl methyl sites for hydroxylation is 2. The van der Waals surface area contributed by atoms with Crippen LogP contribution in [0.3, 0.4) is 0 Å². The minimum atomic E-state index is -0.836. The lowest BCUT2D eigenvalue weighted by molar-refractivity contribution is -0.151. The molecule has 1 aromatic rings. The van der Waals surface area contributed by atoms with Crippen molar-refractivity contribution in [3.05, 3.63) is 28.3 Å². The van der Waals surface area contributed by atoms with Gasteiger partial charge in [-0.05, 0) is 62.8 Å². The zero-order valence-corrected chi connectivity index (χ0v) is 13.8. The molecule has 0 bridgehead atoms. The molecule has 1 aliphatic heterocycles. The summed E-state index contributed by atoms with van der Waals surface area (Å²) in [5, 5.41) is 9.98. The Morgan fingerprint density at radius 1 is 1.39 bits per heavy atom. The van der Waals surface area contributed by atoms with E-state index < -0.39 is 11.9 Å². The van der Waals surface area contributed by atoms with E-state index in [-0.39, 0.29) is 0 Å². The maximum absolute atomic E-state index is 9.98. The molecule has 2 unspecified atom stereocenters. The Morgan fingerprint density at radius 3 is 2.67 bits per heavy atom. The average Bonchev–Trinajstić information content (AvgIpc) is 2.34. The van der Waals surface area contributed by atoms with E-state index in [4.69, 9.17) is 9.16 Å². The number of benzene rings is 1. The van der Waals surface area contributed by atoms with Gasteiger partial charge in [0.05, 0.1) is 0 Å². The van der Waals surface area contributed by atoms with Crippen LogP contribution in [0.25, 0.3) is 0 Å². The molecule has 2 atom stereocenters. The first-order chi connectivity index (χ1) is 8.39. The Hall–Kier alpha value is -0.843. The smallest absolute Gasteiger partial charge is 0.184 e. The van der Waals surface area contributed by atoms with Gasteiger partial charge in [0.15, 0.2) is 11.9 Å². The van der Waals surface area contributed by atoms with Crippen LogP contribution in [0.15, 0.2) is 6.07 Å². The van der Waals surface area contributed by atoms with Gasteiger partial charge in [0.2, 0.25) is 0 Å². The van der Waals surface area contributed by atoms with E-state index in [0.717, 1.165) is 18.6 Å². The van der Waals surface area contributed by atoms with E-state index in [0.29, 0.717) is 10.5 Å². The molecule has 0 aliphatic carbocycles. The third kappa shape index (κ3) is 2.09. The Bertz CT molecular complexity index is 473. The van der Waals surface area contributed by atoms with Crippen molar-refractivity contribution in [1.29, 1.82) is 0 Å². The van der Waals surface area contributed by atoms with E-state index >= 15 is 0 Å². The van der Waals surface area contributed by atoms with Crippen LogP contribution in [0.5, 0.6) is 5.75 Å². The maximum atomic E-state index is 9.98. The molecule has 0 saturated heterocycles. The standard InChI is InChI=1S/C14H22O3Si/c1-8-7-9(2)11-5-6-14(4,13(15)17-18)16-12(11)10(8)3/h7,13,15H,5-6H2,1-4,18H3. The fraction of sp³-hybridized carbons (Fsp3) is 0.571. The fourth-order valence-electron chi connectivity index (χ4n) is 2.63. The van der Waals surface area contributed by atoms with Crippen molar-refractivity contribution < 1.29 is 14.3 Å². The fourth-order valence-corrected chi connectivity index (χ4v) is 3.13. The molecule has 0 fully saturated rings. The van der Waals surface area contributed by atoms with Crippen molar-refractivity contribution in [3.8, 4) is 5.75 Å². The normalized spacial score (nSPS) is 24.5. The Labute approximate surface area is 112 Å². The van der Waals surface area contributed by atoms with Gasteiger partial charge in [-0.1, -0.05) is 6.07 Å². The van der Waals surface area contributed by atoms with Gasteiger partial charge in [0.1, 0.15) is 16.2 Å². The van der Waals surface area contributed by atoms with Crippen molar-refractivity contribution in [2.75, 3.05) is 0 Å². The minimum absolute atomic E-state index is 0.511. The van der Waals surface area contributed by atoms with E-state index in [1.54, 1.807) is 0 Å². The van der Waals surface area contributed by atoms with Gasteiger partial charge >= 0.3 is 0 Å². The van der Waals surface area contributed by atoms with Gasteiger partial charge in [-0.3, -0.25) is 0 Å². The van der Waals surface area contributed by atoms with E-state index in [1.165, 1.54) is 22.3 Å². The summed E-state index contributed by atoms with van der Waals surface area (Å²) < 4.78 is 11.3. The lowest BCUT2D eigenvalue weighted by Crippen LogP contribution is -2.48. The highest BCUT2D eigenvalue weighted by Crippen LogP contribution is 2.40. The lowest BCUT2D eigenvalue weighted by atomic mass is 9.87. The molecular weight excluding hydrogens is 244 g/mol. The van der Waals surface area contributed by atoms with Crippen molar-refractivity contribution in [2.45, 2.75) is 52.4 Å². The molecule has 1 aromatic carbocycles. The molecule has 1 aliphatic rings. The van der Waals surface area contributed by atoms with Crippen LogP contribution in [-0.2, 0) is 10.8 Å². The topological polar surface area (TPSA) is 38.7 Å². The zero-order valence-electron chi connectivity index (χ0n) is 11.8. The summed E-state index contributed by atoms with van der Waals surface area (Å²) in [6, 6.07) is 2.21. The third-order valence-corrected chi connectivity index (χ3v) is 4.51. The molecule has 3 nitrogen and oxygen atoms in total. The van der Waals surface area contributed by atoms with Crippen LogP contribution < -0.4 is 4.74 Å². The molecule has 0 radical (unpaired) electrons. The van der Waals surface area contributed by atoms with Gasteiger partial charge in [-0.25, -0.2) is 0 Å². The Kier molecular flexibility index (Phi) is 3.53. The number of ether oxygens (including phenoxy) is 1. The van der Waals surface area contributed by atoms with Crippen LogP contribution in [0, 0.1) is 20.8 Å². The monoisotopic (exact) mass is 266 g/mol. The van der Waals surface area contributed by atoms with E-state index in [9.17, 15) is 5.11 Å². The minimum Gasteiger partial charge on any atom is -0.482 e. The Morgan fingerprint density at radius 2 is 2.06 bits per heavy atom. The summed E-state index contributed by atoms with van der Waals surface area (Å²) in [7, 11) is 0.511. The molecule has 18 heavy (non-hydrogen) atoms.